The molecule has 0 fully saturated rings. The highest BCUT2D eigenvalue weighted by Crippen LogP contribution is 2.23. The number of unbranched alkanes of at least 4 members (excludes halogenated alkanes) is 1. The van der Waals surface area contributed by atoms with Gasteiger partial charge in [0.25, 0.3) is 11.8 Å². The quantitative estimate of drug-likeness (QED) is 0.274. The van der Waals surface area contributed by atoms with E-state index in [1.807, 2.05) is 18.2 Å². The van der Waals surface area contributed by atoms with Crippen LogP contribution >= 0.6 is 0 Å². The van der Waals surface area contributed by atoms with Crippen molar-refractivity contribution in [3.63, 3.8) is 0 Å². The van der Waals surface area contributed by atoms with Crippen LogP contribution in [0.1, 0.15) is 26.7 Å². The summed E-state index contributed by atoms with van der Waals surface area (Å²) in [4.78, 5) is 59.1. The number of esters is 2. The van der Waals surface area contributed by atoms with Crippen molar-refractivity contribution in [2.75, 3.05) is 11.9 Å². The summed E-state index contributed by atoms with van der Waals surface area (Å²) in [6.07, 6.45) is -2.20. The minimum absolute atomic E-state index is 0.104. The minimum atomic E-state index is -1.74. The van der Waals surface area contributed by atoms with Gasteiger partial charge in [-0.25, -0.2) is 0 Å². The van der Waals surface area contributed by atoms with Crippen LogP contribution in [-0.2, 0) is 33.4 Å². The third-order valence-electron chi connectivity index (χ3n) is 4.28. The lowest BCUT2D eigenvalue weighted by molar-refractivity contribution is -0.173. The number of rotatable bonds is 12. The summed E-state index contributed by atoms with van der Waals surface area (Å²) >= 11 is 0. The highest BCUT2D eigenvalue weighted by Gasteiger charge is 2.39. The molecule has 0 radical (unpaired) electrons. The molecule has 2 N–H and O–H groups in total. The number of hydrogen-bond donors (Lipinski definition) is 2. The van der Waals surface area contributed by atoms with Gasteiger partial charge in [-0.1, -0.05) is 18.2 Å². The molecule has 2 rings (SSSR count). The van der Waals surface area contributed by atoms with Gasteiger partial charge in [0, 0.05) is 32.5 Å². The number of ether oxygens (including phenoxy) is 3. The maximum Gasteiger partial charge on any atom is 0.303 e. The Bertz CT molecular complexity index is 992. The molecule has 2 amide bonds. The average molecular weight is 470 g/mol. The van der Waals surface area contributed by atoms with E-state index in [0.29, 0.717) is 29.9 Å². The number of benzene rings is 2. The number of carbonyl (C=O) groups excluding carboxylic acids is 5. The monoisotopic (exact) mass is 470 g/mol. The van der Waals surface area contributed by atoms with E-state index >= 15 is 0 Å². The van der Waals surface area contributed by atoms with Gasteiger partial charge in [0.05, 0.1) is 0 Å². The Balaban J connectivity index is 2.13. The molecule has 0 heterocycles. The Labute approximate surface area is 196 Å². The molecule has 34 heavy (non-hydrogen) atoms. The van der Waals surface area contributed by atoms with Crippen molar-refractivity contribution in [2.45, 2.75) is 38.9 Å². The molecule has 0 unspecified atom stereocenters. The summed E-state index contributed by atoms with van der Waals surface area (Å²) < 4.78 is 15.7. The fraction of sp³-hybridized carbons (Fsp3) is 0.292. The second-order valence-electron chi connectivity index (χ2n) is 7.09. The summed E-state index contributed by atoms with van der Waals surface area (Å²) in [5.41, 5.74) is 0.329. The molecule has 0 spiro atoms. The van der Waals surface area contributed by atoms with Crippen LogP contribution in [0.4, 0.5) is 5.69 Å². The summed E-state index contributed by atoms with van der Waals surface area (Å²) in [6.45, 7) is 2.22. The van der Waals surface area contributed by atoms with E-state index in [0.717, 1.165) is 13.8 Å². The van der Waals surface area contributed by atoms with Crippen molar-refractivity contribution >= 4 is 35.7 Å². The van der Waals surface area contributed by atoms with Crippen LogP contribution in [0, 0.1) is 0 Å². The Morgan fingerprint density at radius 2 is 1.38 bits per heavy atom. The van der Waals surface area contributed by atoms with Crippen molar-refractivity contribution in [3.8, 4) is 11.5 Å². The van der Waals surface area contributed by atoms with E-state index in [9.17, 15) is 24.0 Å². The largest absolute Gasteiger partial charge is 0.457 e. The second kappa shape index (κ2) is 13.4. The molecule has 0 aliphatic rings. The van der Waals surface area contributed by atoms with E-state index in [2.05, 4.69) is 10.6 Å². The minimum Gasteiger partial charge on any atom is -0.457 e. The molecule has 0 saturated heterocycles. The van der Waals surface area contributed by atoms with Crippen molar-refractivity contribution in [2.24, 2.45) is 0 Å². The summed E-state index contributed by atoms with van der Waals surface area (Å²) in [7, 11) is 0. The Morgan fingerprint density at radius 3 is 1.94 bits per heavy atom. The topological polar surface area (TPSA) is 137 Å². The molecule has 0 aliphatic heterocycles. The first-order valence-electron chi connectivity index (χ1n) is 10.5. The number of hydrogen-bond acceptors (Lipinski definition) is 8. The van der Waals surface area contributed by atoms with Crippen LogP contribution in [0.15, 0.2) is 54.6 Å². The van der Waals surface area contributed by atoms with Gasteiger partial charge in [0.2, 0.25) is 12.2 Å². The Kier molecular flexibility index (Phi) is 10.2. The van der Waals surface area contributed by atoms with Gasteiger partial charge >= 0.3 is 11.9 Å². The zero-order valence-electron chi connectivity index (χ0n) is 18.8. The smallest absolute Gasteiger partial charge is 0.303 e. The van der Waals surface area contributed by atoms with Crippen LogP contribution in [0.2, 0.25) is 0 Å². The van der Waals surface area contributed by atoms with E-state index in [-0.39, 0.29) is 13.0 Å². The number of para-hydroxylation sites is 1. The molecule has 10 heteroatoms. The van der Waals surface area contributed by atoms with Crippen LogP contribution in [0.25, 0.3) is 0 Å². The number of nitrogens with one attached hydrogen (secondary N) is 2. The third kappa shape index (κ3) is 8.73. The van der Waals surface area contributed by atoms with E-state index in [1.54, 1.807) is 36.4 Å². The summed E-state index contributed by atoms with van der Waals surface area (Å²) in [5.74, 6) is -2.25. The first-order chi connectivity index (χ1) is 16.3. The maximum atomic E-state index is 12.9. The van der Waals surface area contributed by atoms with Gasteiger partial charge < -0.3 is 29.6 Å². The molecule has 10 nitrogen and oxygen atoms in total. The average Bonchev–Trinajstić information content (AvgIpc) is 2.80. The van der Waals surface area contributed by atoms with Crippen molar-refractivity contribution in [1.29, 1.82) is 0 Å². The normalized spacial score (nSPS) is 11.9. The predicted molar refractivity (Wildman–Crippen MR) is 121 cm³/mol. The summed E-state index contributed by atoms with van der Waals surface area (Å²) in [5, 5.41) is 5.00. The molecule has 0 saturated carbocycles. The Morgan fingerprint density at radius 1 is 0.824 bits per heavy atom. The van der Waals surface area contributed by atoms with Crippen molar-refractivity contribution in [3.05, 3.63) is 54.6 Å². The first-order valence-corrected chi connectivity index (χ1v) is 10.5. The number of aldehydes is 1. The van der Waals surface area contributed by atoms with Gasteiger partial charge in [-0.15, -0.1) is 0 Å². The molecule has 180 valence electrons. The standard InChI is InChI=1S/C24H26N2O8/c1-16(28)32-21(23(30)25-14-6-7-15-27)22(33-17(2)29)24(31)26-18-10-12-20(13-11-18)34-19-8-4-3-5-9-19/h3-5,8-13,15,21-22H,6-7,14H2,1-2H3,(H,25,30)(H,26,31)/t21-,22-/m1/s1. The number of carbonyl (C=O) groups is 5. The second-order valence-corrected chi connectivity index (χ2v) is 7.09. The fourth-order valence-electron chi connectivity index (χ4n) is 2.81. The van der Waals surface area contributed by atoms with E-state index in [1.165, 1.54) is 0 Å². The molecule has 2 atom stereocenters. The molecule has 0 aliphatic carbocycles. The van der Waals surface area contributed by atoms with Gasteiger partial charge in [-0.05, 0) is 42.8 Å². The third-order valence-corrected chi connectivity index (χ3v) is 4.28. The SMILES string of the molecule is CC(=O)O[C@@H](C(=O)NCCCC=O)[C@@H](OC(C)=O)C(=O)Nc1ccc(Oc2ccccc2)cc1. The molecule has 0 aromatic heterocycles. The van der Waals surface area contributed by atoms with E-state index < -0.39 is 36.0 Å². The van der Waals surface area contributed by atoms with Crippen LogP contribution in [-0.4, -0.2) is 48.8 Å². The zero-order valence-corrected chi connectivity index (χ0v) is 18.8. The maximum absolute atomic E-state index is 12.9. The Hall–Kier alpha value is -4.21. The van der Waals surface area contributed by atoms with Crippen molar-refractivity contribution < 1.29 is 38.2 Å². The van der Waals surface area contributed by atoms with Crippen LogP contribution < -0.4 is 15.4 Å². The first kappa shape index (κ1) is 26.0. The van der Waals surface area contributed by atoms with Gasteiger partial charge in [0.1, 0.15) is 17.8 Å². The molecule has 2 aromatic carbocycles. The fourth-order valence-corrected chi connectivity index (χ4v) is 2.81. The van der Waals surface area contributed by atoms with Crippen LogP contribution in [0.3, 0.4) is 0 Å². The lowest BCUT2D eigenvalue weighted by Gasteiger charge is -2.24. The highest BCUT2D eigenvalue weighted by atomic mass is 16.6. The highest BCUT2D eigenvalue weighted by molar-refractivity contribution is 6.00. The van der Waals surface area contributed by atoms with Gasteiger partial charge in [-0.2, -0.15) is 0 Å². The lowest BCUT2D eigenvalue weighted by atomic mass is 10.1. The zero-order chi connectivity index (χ0) is 24.9. The van der Waals surface area contributed by atoms with Crippen molar-refractivity contribution in [1.82, 2.24) is 5.32 Å². The molecule has 2 aromatic rings. The van der Waals surface area contributed by atoms with E-state index in [4.69, 9.17) is 14.2 Å². The number of anilines is 1. The molecular formula is C24H26N2O8. The van der Waals surface area contributed by atoms with Gasteiger partial charge in [-0.3, -0.25) is 19.2 Å². The summed E-state index contributed by atoms with van der Waals surface area (Å²) in [6, 6.07) is 15.5. The molecular weight excluding hydrogens is 444 g/mol. The van der Waals surface area contributed by atoms with Crippen LogP contribution in [0.5, 0.6) is 11.5 Å². The number of amides is 2. The van der Waals surface area contributed by atoms with Gasteiger partial charge in [0.15, 0.2) is 0 Å². The predicted octanol–water partition coefficient (Wildman–Crippen LogP) is 2.38. The lowest BCUT2D eigenvalue weighted by Crippen LogP contribution is -2.51. The molecule has 0 bridgehead atoms.